The number of carbonyl (C=O) groups is 1. The van der Waals surface area contributed by atoms with Gasteiger partial charge < -0.3 is 14.6 Å². The lowest BCUT2D eigenvalue weighted by atomic mass is 10.3. The lowest BCUT2D eigenvalue weighted by Crippen LogP contribution is -2.38. The summed E-state index contributed by atoms with van der Waals surface area (Å²) in [6, 6.07) is 1.49. The van der Waals surface area contributed by atoms with Gasteiger partial charge in [0.05, 0.1) is 13.2 Å². The predicted octanol–water partition coefficient (Wildman–Crippen LogP) is 1.25. The van der Waals surface area contributed by atoms with Crippen LogP contribution in [0.3, 0.4) is 0 Å². The van der Waals surface area contributed by atoms with E-state index >= 15 is 0 Å². The molecule has 0 amide bonds. The average Bonchev–Trinajstić information content (AvgIpc) is 2.41. The number of nitrogens with zero attached hydrogens (tertiary/aromatic N) is 2. The van der Waals surface area contributed by atoms with Gasteiger partial charge in [0.2, 0.25) is 5.88 Å². The second-order valence-electron chi connectivity index (χ2n) is 4.11. The van der Waals surface area contributed by atoms with Crippen LogP contribution in [0.2, 0.25) is 0 Å². The zero-order valence-corrected chi connectivity index (χ0v) is 11.9. The second kappa shape index (κ2) is 6.83. The van der Waals surface area contributed by atoms with E-state index in [0.29, 0.717) is 11.1 Å². The van der Waals surface area contributed by atoms with E-state index in [1.54, 1.807) is 0 Å². The van der Waals surface area contributed by atoms with Crippen molar-refractivity contribution in [1.29, 1.82) is 0 Å². The summed E-state index contributed by atoms with van der Waals surface area (Å²) in [7, 11) is 0. The molecule has 7 heteroatoms. The topological polar surface area (TPSA) is 71.9 Å². The van der Waals surface area contributed by atoms with Crippen molar-refractivity contribution in [2.75, 3.05) is 39.5 Å². The Balaban J connectivity index is 1.89. The van der Waals surface area contributed by atoms with Gasteiger partial charge in [-0.15, -0.1) is 0 Å². The third-order valence-electron chi connectivity index (χ3n) is 2.80. The molecule has 0 aromatic carbocycles. The van der Waals surface area contributed by atoms with Crippen LogP contribution in [-0.4, -0.2) is 60.4 Å². The van der Waals surface area contributed by atoms with Gasteiger partial charge in [-0.1, -0.05) is 0 Å². The Kier molecular flexibility index (Phi) is 5.12. The van der Waals surface area contributed by atoms with Crippen LogP contribution in [0.25, 0.3) is 0 Å². The van der Waals surface area contributed by atoms with E-state index in [2.05, 4.69) is 25.8 Å². The number of carboxylic acid groups (broad SMARTS) is 1. The van der Waals surface area contributed by atoms with Gasteiger partial charge in [-0.2, -0.15) is 0 Å². The Bertz CT molecular complexity index is 449. The van der Waals surface area contributed by atoms with E-state index in [1.807, 2.05) is 0 Å². The van der Waals surface area contributed by atoms with Crippen molar-refractivity contribution in [3.05, 3.63) is 22.3 Å². The molecule has 1 fully saturated rings. The van der Waals surface area contributed by atoms with E-state index in [9.17, 15) is 4.79 Å². The van der Waals surface area contributed by atoms with Crippen LogP contribution in [-0.2, 0) is 4.74 Å². The van der Waals surface area contributed by atoms with Gasteiger partial charge in [-0.05, 0) is 22.0 Å². The summed E-state index contributed by atoms with van der Waals surface area (Å²) in [6.45, 7) is 4.37. The first-order valence-corrected chi connectivity index (χ1v) is 6.78. The first-order chi connectivity index (χ1) is 9.16. The van der Waals surface area contributed by atoms with Crippen molar-refractivity contribution < 1.29 is 19.4 Å². The zero-order chi connectivity index (χ0) is 13.7. The molecule has 0 bridgehead atoms. The highest BCUT2D eigenvalue weighted by Crippen LogP contribution is 2.19. The molecule has 1 aliphatic heterocycles. The standard InChI is InChI=1S/C12H15BrN2O4/c13-9-7-10(12(16)17)11(14-8-9)19-6-3-15-1-4-18-5-2-15/h7-8H,1-6H2,(H,16,17). The maximum Gasteiger partial charge on any atom is 0.341 e. The van der Waals surface area contributed by atoms with Gasteiger partial charge in [0.1, 0.15) is 12.2 Å². The number of hydrogen-bond donors (Lipinski definition) is 1. The molecule has 19 heavy (non-hydrogen) atoms. The van der Waals surface area contributed by atoms with Gasteiger partial charge >= 0.3 is 5.97 Å². The third-order valence-corrected chi connectivity index (χ3v) is 3.23. The van der Waals surface area contributed by atoms with E-state index in [0.717, 1.165) is 32.8 Å². The number of ether oxygens (including phenoxy) is 2. The molecular formula is C12H15BrN2O4. The average molecular weight is 331 g/mol. The molecule has 0 radical (unpaired) electrons. The summed E-state index contributed by atoms with van der Waals surface area (Å²) >= 11 is 3.19. The molecule has 2 heterocycles. The maximum atomic E-state index is 11.1. The van der Waals surface area contributed by atoms with Crippen LogP contribution in [0.1, 0.15) is 10.4 Å². The summed E-state index contributed by atoms with van der Waals surface area (Å²) in [5.41, 5.74) is 0.0661. The fourth-order valence-electron chi connectivity index (χ4n) is 1.79. The van der Waals surface area contributed by atoms with Gasteiger partial charge in [0.15, 0.2) is 0 Å². The fraction of sp³-hybridized carbons (Fsp3) is 0.500. The molecule has 0 spiro atoms. The lowest BCUT2D eigenvalue weighted by Gasteiger charge is -2.26. The molecule has 0 aliphatic carbocycles. The Morgan fingerprint density at radius 1 is 1.53 bits per heavy atom. The number of hydrogen-bond acceptors (Lipinski definition) is 5. The molecule has 1 saturated heterocycles. The molecule has 1 N–H and O–H groups in total. The fourth-order valence-corrected chi connectivity index (χ4v) is 2.12. The van der Waals surface area contributed by atoms with Crippen molar-refractivity contribution in [2.24, 2.45) is 0 Å². The van der Waals surface area contributed by atoms with Gasteiger partial charge in [-0.3, -0.25) is 4.90 Å². The number of aromatic nitrogens is 1. The van der Waals surface area contributed by atoms with Crippen LogP contribution in [0, 0.1) is 0 Å². The van der Waals surface area contributed by atoms with Crippen molar-refractivity contribution >= 4 is 21.9 Å². The van der Waals surface area contributed by atoms with Crippen LogP contribution >= 0.6 is 15.9 Å². The Hall–Kier alpha value is -1.18. The molecule has 0 unspecified atom stereocenters. The Labute approximate surface area is 119 Å². The monoisotopic (exact) mass is 330 g/mol. The van der Waals surface area contributed by atoms with Crippen molar-refractivity contribution in [1.82, 2.24) is 9.88 Å². The Morgan fingerprint density at radius 3 is 2.95 bits per heavy atom. The van der Waals surface area contributed by atoms with Crippen LogP contribution in [0.4, 0.5) is 0 Å². The Morgan fingerprint density at radius 2 is 2.26 bits per heavy atom. The van der Waals surface area contributed by atoms with E-state index in [4.69, 9.17) is 14.6 Å². The minimum atomic E-state index is -1.05. The molecule has 1 aliphatic rings. The predicted molar refractivity (Wildman–Crippen MR) is 71.7 cm³/mol. The molecule has 2 rings (SSSR count). The number of aromatic carboxylic acids is 1. The first kappa shape index (κ1) is 14.2. The van der Waals surface area contributed by atoms with Crippen LogP contribution in [0.15, 0.2) is 16.7 Å². The summed E-state index contributed by atoms with van der Waals surface area (Å²) in [4.78, 5) is 17.3. The first-order valence-electron chi connectivity index (χ1n) is 5.98. The maximum absolute atomic E-state index is 11.1. The summed E-state index contributed by atoms with van der Waals surface area (Å²) in [5, 5.41) is 9.07. The normalized spacial score (nSPS) is 16.3. The van der Waals surface area contributed by atoms with Crippen molar-refractivity contribution in [2.45, 2.75) is 0 Å². The summed E-state index contributed by atoms with van der Waals surface area (Å²) in [5.74, 6) is -0.890. The molecular weight excluding hydrogens is 316 g/mol. The van der Waals surface area contributed by atoms with Gasteiger partial charge in [0.25, 0.3) is 0 Å². The summed E-state index contributed by atoms with van der Waals surface area (Å²) < 4.78 is 11.3. The summed E-state index contributed by atoms with van der Waals surface area (Å²) in [6.07, 6.45) is 1.52. The molecule has 0 atom stereocenters. The smallest absolute Gasteiger partial charge is 0.341 e. The van der Waals surface area contributed by atoms with Gasteiger partial charge in [0, 0.05) is 30.3 Å². The molecule has 0 saturated carbocycles. The van der Waals surface area contributed by atoms with Gasteiger partial charge in [-0.25, -0.2) is 9.78 Å². The number of rotatable bonds is 5. The SMILES string of the molecule is O=C(O)c1cc(Br)cnc1OCCN1CCOCC1. The quantitative estimate of drug-likeness (QED) is 0.876. The van der Waals surface area contributed by atoms with Crippen LogP contribution < -0.4 is 4.74 Å². The lowest BCUT2D eigenvalue weighted by molar-refractivity contribution is 0.0319. The third kappa shape index (κ3) is 4.15. The number of halogens is 1. The number of carboxylic acids is 1. The highest BCUT2D eigenvalue weighted by atomic mass is 79.9. The second-order valence-corrected chi connectivity index (χ2v) is 5.03. The zero-order valence-electron chi connectivity index (χ0n) is 10.3. The van der Waals surface area contributed by atoms with E-state index < -0.39 is 5.97 Å². The molecule has 104 valence electrons. The van der Waals surface area contributed by atoms with E-state index in [-0.39, 0.29) is 11.4 Å². The largest absolute Gasteiger partial charge is 0.477 e. The highest BCUT2D eigenvalue weighted by molar-refractivity contribution is 9.10. The van der Waals surface area contributed by atoms with Crippen molar-refractivity contribution in [3.63, 3.8) is 0 Å². The highest BCUT2D eigenvalue weighted by Gasteiger charge is 2.15. The van der Waals surface area contributed by atoms with Crippen molar-refractivity contribution in [3.8, 4) is 5.88 Å². The molecule has 1 aromatic rings. The van der Waals surface area contributed by atoms with E-state index in [1.165, 1.54) is 12.3 Å². The minimum Gasteiger partial charge on any atom is -0.477 e. The minimum absolute atomic E-state index is 0.0661. The molecule has 6 nitrogen and oxygen atoms in total. The number of pyridine rings is 1. The van der Waals surface area contributed by atoms with Crippen LogP contribution in [0.5, 0.6) is 5.88 Å². The number of morpholine rings is 1. The molecule has 1 aromatic heterocycles.